The highest BCUT2D eigenvalue weighted by atomic mass is 79.9. The minimum atomic E-state index is -0.195. The van der Waals surface area contributed by atoms with Gasteiger partial charge in [0.1, 0.15) is 0 Å². The number of aryl methyl sites for hydroxylation is 2. The topological polar surface area (TPSA) is 58.2 Å². The summed E-state index contributed by atoms with van der Waals surface area (Å²) in [6.07, 6.45) is 1.70. The number of hydrogen-bond acceptors (Lipinski definition) is 3. The average Bonchev–Trinajstić information content (AvgIpc) is 2.99. The van der Waals surface area contributed by atoms with Crippen molar-refractivity contribution in [2.45, 2.75) is 39.7 Å². The minimum absolute atomic E-state index is 0.0235. The highest BCUT2D eigenvalue weighted by molar-refractivity contribution is 9.10. The predicted octanol–water partition coefficient (Wildman–Crippen LogP) is 4.38. The summed E-state index contributed by atoms with van der Waals surface area (Å²) in [5.74, 6) is -0.383. The predicted molar refractivity (Wildman–Crippen MR) is 106 cm³/mol. The number of rotatable bonds is 7. The van der Waals surface area contributed by atoms with Crippen molar-refractivity contribution in [3.63, 3.8) is 0 Å². The van der Waals surface area contributed by atoms with E-state index >= 15 is 0 Å². The van der Waals surface area contributed by atoms with Crippen LogP contribution in [0.5, 0.6) is 0 Å². The SMILES string of the molecule is CCc1sc(C(=O)NCC(=O)N[C@H](CC)c2ccc(Br)cc2)cc1C. The Hall–Kier alpha value is -1.66. The number of carbonyl (C=O) groups excluding carboxylic acids is 2. The fourth-order valence-electron chi connectivity index (χ4n) is 2.59. The number of halogens is 1. The lowest BCUT2D eigenvalue weighted by Gasteiger charge is -2.17. The number of benzene rings is 1. The van der Waals surface area contributed by atoms with E-state index < -0.39 is 0 Å². The van der Waals surface area contributed by atoms with Crippen molar-refractivity contribution in [3.05, 3.63) is 55.7 Å². The van der Waals surface area contributed by atoms with Gasteiger partial charge in [0.25, 0.3) is 5.91 Å². The van der Waals surface area contributed by atoms with E-state index in [4.69, 9.17) is 0 Å². The number of hydrogen-bond donors (Lipinski definition) is 2. The molecule has 4 nitrogen and oxygen atoms in total. The van der Waals surface area contributed by atoms with Gasteiger partial charge < -0.3 is 10.6 Å². The maximum absolute atomic E-state index is 12.2. The fraction of sp³-hybridized carbons (Fsp3) is 0.368. The van der Waals surface area contributed by atoms with Crippen LogP contribution >= 0.6 is 27.3 Å². The van der Waals surface area contributed by atoms with Gasteiger partial charge >= 0.3 is 0 Å². The van der Waals surface area contributed by atoms with E-state index in [9.17, 15) is 9.59 Å². The zero-order chi connectivity index (χ0) is 18.4. The Morgan fingerprint density at radius 3 is 2.44 bits per heavy atom. The second kappa shape index (κ2) is 9.15. The molecule has 2 N–H and O–H groups in total. The molecule has 2 amide bonds. The van der Waals surface area contributed by atoms with Crippen molar-refractivity contribution in [1.82, 2.24) is 10.6 Å². The van der Waals surface area contributed by atoms with Crippen molar-refractivity contribution in [3.8, 4) is 0 Å². The van der Waals surface area contributed by atoms with Crippen LogP contribution in [0.1, 0.15) is 52.0 Å². The van der Waals surface area contributed by atoms with E-state index in [0.717, 1.165) is 28.4 Å². The first-order valence-electron chi connectivity index (χ1n) is 8.36. The molecule has 0 saturated heterocycles. The third-order valence-electron chi connectivity index (χ3n) is 3.99. The van der Waals surface area contributed by atoms with Crippen LogP contribution < -0.4 is 10.6 Å². The van der Waals surface area contributed by atoms with Gasteiger partial charge in [0, 0.05) is 9.35 Å². The third-order valence-corrected chi connectivity index (χ3v) is 5.90. The Morgan fingerprint density at radius 1 is 1.20 bits per heavy atom. The minimum Gasteiger partial charge on any atom is -0.348 e. The van der Waals surface area contributed by atoms with Crippen LogP contribution in [0.2, 0.25) is 0 Å². The lowest BCUT2D eigenvalue weighted by molar-refractivity contribution is -0.120. The van der Waals surface area contributed by atoms with Crippen LogP contribution in [0.25, 0.3) is 0 Å². The molecule has 1 aromatic carbocycles. The molecular weight excluding hydrogens is 400 g/mol. The first kappa shape index (κ1) is 19.7. The molecule has 134 valence electrons. The lowest BCUT2D eigenvalue weighted by Crippen LogP contribution is -2.38. The van der Waals surface area contributed by atoms with E-state index in [1.54, 1.807) is 0 Å². The molecule has 0 fully saturated rings. The summed E-state index contributed by atoms with van der Waals surface area (Å²) < 4.78 is 1.00. The van der Waals surface area contributed by atoms with Crippen LogP contribution in [0, 0.1) is 6.92 Å². The van der Waals surface area contributed by atoms with Gasteiger partial charge in [-0.05, 0) is 49.1 Å². The second-order valence-corrected chi connectivity index (χ2v) is 7.89. The molecule has 25 heavy (non-hydrogen) atoms. The van der Waals surface area contributed by atoms with Gasteiger partial charge in [-0.15, -0.1) is 11.3 Å². The van der Waals surface area contributed by atoms with Crippen molar-refractivity contribution in [2.75, 3.05) is 6.54 Å². The average molecular weight is 423 g/mol. The first-order valence-corrected chi connectivity index (χ1v) is 9.97. The molecule has 0 aliphatic carbocycles. The smallest absolute Gasteiger partial charge is 0.261 e. The molecular formula is C19H23BrN2O2S. The standard InChI is InChI=1S/C19H23BrN2O2S/c1-4-15(13-6-8-14(20)9-7-13)22-18(23)11-21-19(24)17-10-12(3)16(5-2)25-17/h6-10,15H,4-5,11H2,1-3H3,(H,21,24)(H,22,23)/t15-/m1/s1. The van der Waals surface area contributed by atoms with Gasteiger partial charge in [0.2, 0.25) is 5.91 Å². The molecule has 0 spiro atoms. The third kappa shape index (κ3) is 5.41. The second-order valence-electron chi connectivity index (χ2n) is 5.83. The molecule has 0 bridgehead atoms. The molecule has 0 unspecified atom stereocenters. The van der Waals surface area contributed by atoms with E-state index in [1.165, 1.54) is 16.2 Å². The Labute approximate surface area is 161 Å². The molecule has 0 aliphatic rings. The highest BCUT2D eigenvalue weighted by Crippen LogP contribution is 2.22. The van der Waals surface area contributed by atoms with Gasteiger partial charge in [-0.25, -0.2) is 0 Å². The summed E-state index contributed by atoms with van der Waals surface area (Å²) in [6, 6.07) is 9.70. The number of carbonyl (C=O) groups is 2. The van der Waals surface area contributed by atoms with Gasteiger partial charge in [-0.2, -0.15) is 0 Å². The molecule has 1 aromatic heterocycles. The Bertz CT molecular complexity index is 740. The maximum Gasteiger partial charge on any atom is 0.261 e. The summed E-state index contributed by atoms with van der Waals surface area (Å²) in [4.78, 5) is 26.3. The normalized spacial score (nSPS) is 11.8. The van der Waals surface area contributed by atoms with Crippen LogP contribution in [-0.4, -0.2) is 18.4 Å². The summed E-state index contributed by atoms with van der Waals surface area (Å²) in [5, 5.41) is 5.68. The summed E-state index contributed by atoms with van der Waals surface area (Å²) in [6.45, 7) is 6.07. The zero-order valence-corrected chi connectivity index (χ0v) is 17.1. The largest absolute Gasteiger partial charge is 0.348 e. The maximum atomic E-state index is 12.2. The quantitative estimate of drug-likeness (QED) is 0.695. The van der Waals surface area contributed by atoms with E-state index in [-0.39, 0.29) is 24.4 Å². The van der Waals surface area contributed by atoms with Crippen LogP contribution in [0.4, 0.5) is 0 Å². The van der Waals surface area contributed by atoms with Gasteiger partial charge in [0.05, 0.1) is 17.5 Å². The molecule has 1 heterocycles. The zero-order valence-electron chi connectivity index (χ0n) is 14.7. The van der Waals surface area contributed by atoms with Crippen molar-refractivity contribution < 1.29 is 9.59 Å². The van der Waals surface area contributed by atoms with Crippen LogP contribution in [0.15, 0.2) is 34.8 Å². The van der Waals surface area contributed by atoms with Gasteiger partial charge in [-0.3, -0.25) is 9.59 Å². The molecule has 6 heteroatoms. The monoisotopic (exact) mass is 422 g/mol. The summed E-state index contributed by atoms with van der Waals surface area (Å²) in [5.41, 5.74) is 2.18. The molecule has 1 atom stereocenters. The number of thiophene rings is 1. The first-order chi connectivity index (χ1) is 11.9. The Kier molecular flexibility index (Phi) is 7.20. The summed E-state index contributed by atoms with van der Waals surface area (Å²) in [7, 11) is 0. The number of amides is 2. The van der Waals surface area contributed by atoms with E-state index in [2.05, 4.69) is 33.5 Å². The van der Waals surface area contributed by atoms with E-state index in [1.807, 2.05) is 44.2 Å². The Morgan fingerprint density at radius 2 is 1.88 bits per heavy atom. The molecule has 2 rings (SSSR count). The molecule has 0 aliphatic heterocycles. The van der Waals surface area contributed by atoms with Crippen LogP contribution in [0.3, 0.4) is 0 Å². The van der Waals surface area contributed by atoms with Crippen molar-refractivity contribution >= 4 is 39.1 Å². The fourth-order valence-corrected chi connectivity index (χ4v) is 3.89. The van der Waals surface area contributed by atoms with Crippen LogP contribution in [-0.2, 0) is 11.2 Å². The number of nitrogens with one attached hydrogen (secondary N) is 2. The van der Waals surface area contributed by atoms with Gasteiger partial charge in [0.15, 0.2) is 0 Å². The lowest BCUT2D eigenvalue weighted by atomic mass is 10.0. The summed E-state index contributed by atoms with van der Waals surface area (Å²) >= 11 is 4.90. The van der Waals surface area contributed by atoms with Crippen molar-refractivity contribution in [2.24, 2.45) is 0 Å². The molecule has 0 radical (unpaired) electrons. The van der Waals surface area contributed by atoms with E-state index in [0.29, 0.717) is 4.88 Å². The molecule has 0 saturated carbocycles. The van der Waals surface area contributed by atoms with Gasteiger partial charge in [-0.1, -0.05) is 41.9 Å². The highest BCUT2D eigenvalue weighted by Gasteiger charge is 2.15. The molecule has 2 aromatic rings. The van der Waals surface area contributed by atoms with Crippen molar-refractivity contribution in [1.29, 1.82) is 0 Å². The Balaban J connectivity index is 1.90.